The van der Waals surface area contributed by atoms with Crippen molar-refractivity contribution in [3.05, 3.63) is 23.2 Å². The number of thioether (sulfide) groups is 1. The lowest BCUT2D eigenvalue weighted by Crippen LogP contribution is -2.32. The van der Waals surface area contributed by atoms with Crippen molar-refractivity contribution in [2.24, 2.45) is 5.73 Å². The molecule has 0 bridgehead atoms. The van der Waals surface area contributed by atoms with Crippen molar-refractivity contribution in [1.82, 2.24) is 0 Å². The lowest BCUT2D eigenvalue weighted by atomic mass is 10.3. The number of carbonyl (C=O) groups is 1. The fraction of sp³-hybridized carbons (Fsp3) is 0.222. The first-order chi connectivity index (χ1) is 7.00. The van der Waals surface area contributed by atoms with Crippen LogP contribution in [0.5, 0.6) is 0 Å². The van der Waals surface area contributed by atoms with E-state index in [2.05, 4.69) is 0 Å². The van der Waals surface area contributed by atoms with Crippen LogP contribution in [0.15, 0.2) is 23.1 Å². The number of nitrogen functional groups attached to an aromatic ring is 1. The van der Waals surface area contributed by atoms with Crippen LogP contribution in [0.2, 0.25) is 5.02 Å². The number of nitrogens with two attached hydrogens (primary N) is 2. The van der Waals surface area contributed by atoms with Crippen LogP contribution in [0.1, 0.15) is 0 Å². The van der Waals surface area contributed by atoms with Crippen LogP contribution >= 0.6 is 23.4 Å². The second-order valence-electron chi connectivity index (χ2n) is 2.95. The summed E-state index contributed by atoms with van der Waals surface area (Å²) in [6.45, 7) is 0. The topological polar surface area (TPSA) is 89.3 Å². The summed E-state index contributed by atoms with van der Waals surface area (Å²) >= 11 is 7.20. The Kier molecular flexibility index (Phi) is 4.26. The van der Waals surface area contributed by atoms with Gasteiger partial charge in [-0.3, -0.25) is 4.79 Å². The van der Waals surface area contributed by atoms with Gasteiger partial charge in [-0.25, -0.2) is 0 Å². The number of hydrogen-bond donors (Lipinski definition) is 3. The monoisotopic (exact) mass is 246 g/mol. The van der Waals surface area contributed by atoms with Crippen LogP contribution in [-0.2, 0) is 4.79 Å². The highest BCUT2D eigenvalue weighted by atomic mass is 35.5. The minimum atomic E-state index is -1.02. The molecule has 15 heavy (non-hydrogen) atoms. The molecule has 0 aromatic heterocycles. The molecule has 6 heteroatoms. The summed E-state index contributed by atoms with van der Waals surface area (Å²) in [7, 11) is 0. The predicted octanol–water partition coefficient (Wildman–Crippen LogP) is 1.43. The molecule has 1 aromatic rings. The molecule has 0 fully saturated rings. The molecule has 1 atom stereocenters. The molecule has 1 aromatic carbocycles. The Morgan fingerprint density at radius 2 is 2.27 bits per heavy atom. The number of rotatable bonds is 4. The molecule has 4 nitrogen and oxygen atoms in total. The van der Waals surface area contributed by atoms with Crippen LogP contribution in [0.4, 0.5) is 5.69 Å². The van der Waals surface area contributed by atoms with Gasteiger partial charge in [0, 0.05) is 16.3 Å². The van der Waals surface area contributed by atoms with Crippen LogP contribution in [0, 0.1) is 0 Å². The van der Waals surface area contributed by atoms with Crippen molar-refractivity contribution in [2.45, 2.75) is 10.9 Å². The summed E-state index contributed by atoms with van der Waals surface area (Å²) in [6.07, 6.45) is 0. The third-order valence-corrected chi connectivity index (χ3v) is 3.31. The maximum Gasteiger partial charge on any atom is 0.321 e. The lowest BCUT2D eigenvalue weighted by Gasteiger charge is -2.07. The van der Waals surface area contributed by atoms with Gasteiger partial charge in [0.2, 0.25) is 0 Å². The second-order valence-corrected chi connectivity index (χ2v) is 4.41. The molecule has 0 radical (unpaired) electrons. The maximum absolute atomic E-state index is 10.5. The average molecular weight is 247 g/mol. The zero-order valence-corrected chi connectivity index (χ0v) is 9.39. The Labute approximate surface area is 96.6 Å². The molecular formula is C9H11ClN2O2S. The lowest BCUT2D eigenvalue weighted by molar-refractivity contribution is -0.137. The van der Waals surface area contributed by atoms with E-state index in [1.165, 1.54) is 11.8 Å². The first-order valence-corrected chi connectivity index (χ1v) is 5.53. The predicted molar refractivity (Wildman–Crippen MR) is 62.2 cm³/mol. The molecule has 0 aliphatic rings. The minimum Gasteiger partial charge on any atom is -0.480 e. The molecule has 0 saturated heterocycles. The zero-order valence-electron chi connectivity index (χ0n) is 7.81. The number of carboxylic acids is 1. The summed E-state index contributed by atoms with van der Waals surface area (Å²) in [6, 6.07) is 4.19. The SMILES string of the molecule is Nc1ccc(SCC(N)C(=O)O)c(Cl)c1. The first kappa shape index (κ1) is 12.2. The van der Waals surface area contributed by atoms with Gasteiger partial charge in [0.15, 0.2) is 0 Å². The smallest absolute Gasteiger partial charge is 0.321 e. The molecule has 0 spiro atoms. The first-order valence-electron chi connectivity index (χ1n) is 4.17. The summed E-state index contributed by atoms with van der Waals surface area (Å²) in [5.74, 6) is -0.743. The molecule has 82 valence electrons. The fourth-order valence-corrected chi connectivity index (χ4v) is 2.10. The normalized spacial score (nSPS) is 12.4. The van der Waals surface area contributed by atoms with E-state index in [0.717, 1.165) is 4.90 Å². The van der Waals surface area contributed by atoms with Gasteiger partial charge >= 0.3 is 5.97 Å². The van der Waals surface area contributed by atoms with Gasteiger partial charge in [0.25, 0.3) is 0 Å². The number of halogens is 1. The molecule has 0 aliphatic heterocycles. The summed E-state index contributed by atoms with van der Waals surface area (Å²) in [4.78, 5) is 11.2. The van der Waals surface area contributed by atoms with Crippen LogP contribution in [-0.4, -0.2) is 22.9 Å². The van der Waals surface area contributed by atoms with Gasteiger partial charge in [-0.05, 0) is 18.2 Å². The molecule has 1 rings (SSSR count). The van der Waals surface area contributed by atoms with E-state index >= 15 is 0 Å². The van der Waals surface area contributed by atoms with Crippen LogP contribution in [0.3, 0.4) is 0 Å². The van der Waals surface area contributed by atoms with E-state index < -0.39 is 12.0 Å². The fourth-order valence-electron chi connectivity index (χ4n) is 0.885. The van der Waals surface area contributed by atoms with E-state index in [0.29, 0.717) is 10.7 Å². The van der Waals surface area contributed by atoms with E-state index in [-0.39, 0.29) is 5.75 Å². The Morgan fingerprint density at radius 1 is 1.60 bits per heavy atom. The number of hydrogen-bond acceptors (Lipinski definition) is 4. The standard InChI is InChI=1S/C9H11ClN2O2S/c10-6-3-5(11)1-2-8(6)15-4-7(12)9(13)14/h1-3,7H,4,11-12H2,(H,13,14). The van der Waals surface area contributed by atoms with Crippen molar-refractivity contribution in [3.63, 3.8) is 0 Å². The Bertz CT molecular complexity index is 373. The van der Waals surface area contributed by atoms with Gasteiger partial charge in [-0.2, -0.15) is 0 Å². The van der Waals surface area contributed by atoms with Crippen molar-refractivity contribution in [3.8, 4) is 0 Å². The molecule has 1 unspecified atom stereocenters. The average Bonchev–Trinajstić information content (AvgIpc) is 2.15. The molecule has 0 heterocycles. The van der Waals surface area contributed by atoms with Crippen molar-refractivity contribution < 1.29 is 9.90 Å². The van der Waals surface area contributed by atoms with Crippen LogP contribution < -0.4 is 11.5 Å². The van der Waals surface area contributed by atoms with Gasteiger partial charge < -0.3 is 16.6 Å². The number of aliphatic carboxylic acids is 1. The summed E-state index contributed by atoms with van der Waals surface area (Å²) in [5, 5.41) is 9.09. The third-order valence-electron chi connectivity index (χ3n) is 1.69. The highest BCUT2D eigenvalue weighted by Gasteiger charge is 2.12. The van der Waals surface area contributed by atoms with E-state index in [1.54, 1.807) is 18.2 Å². The van der Waals surface area contributed by atoms with Gasteiger partial charge in [-0.15, -0.1) is 11.8 Å². The van der Waals surface area contributed by atoms with Crippen molar-refractivity contribution >= 4 is 35.0 Å². The van der Waals surface area contributed by atoms with E-state index in [1.807, 2.05) is 0 Å². The highest BCUT2D eigenvalue weighted by molar-refractivity contribution is 7.99. The van der Waals surface area contributed by atoms with Gasteiger partial charge in [0.1, 0.15) is 6.04 Å². The quantitative estimate of drug-likeness (QED) is 0.552. The summed E-state index contributed by atoms with van der Waals surface area (Å²) in [5.41, 5.74) is 11.5. The van der Waals surface area contributed by atoms with E-state index in [4.69, 9.17) is 28.2 Å². The molecule has 0 aliphatic carbocycles. The van der Waals surface area contributed by atoms with Crippen molar-refractivity contribution in [2.75, 3.05) is 11.5 Å². The summed E-state index contributed by atoms with van der Waals surface area (Å²) < 4.78 is 0. The number of benzene rings is 1. The van der Waals surface area contributed by atoms with Gasteiger partial charge in [-0.1, -0.05) is 11.6 Å². The maximum atomic E-state index is 10.5. The Hall–Kier alpha value is -0.910. The minimum absolute atomic E-state index is 0.277. The molecular weight excluding hydrogens is 236 g/mol. The van der Waals surface area contributed by atoms with E-state index in [9.17, 15) is 4.79 Å². The Balaban J connectivity index is 2.62. The largest absolute Gasteiger partial charge is 0.480 e. The number of anilines is 1. The number of carboxylic acid groups (broad SMARTS) is 1. The second kappa shape index (κ2) is 5.25. The van der Waals surface area contributed by atoms with Crippen LogP contribution in [0.25, 0.3) is 0 Å². The van der Waals surface area contributed by atoms with Crippen molar-refractivity contribution in [1.29, 1.82) is 0 Å². The zero-order chi connectivity index (χ0) is 11.4. The molecule has 0 amide bonds. The highest BCUT2D eigenvalue weighted by Crippen LogP contribution is 2.28. The van der Waals surface area contributed by atoms with Gasteiger partial charge in [0.05, 0.1) is 5.02 Å². The molecule has 0 saturated carbocycles. The Morgan fingerprint density at radius 3 is 2.80 bits per heavy atom. The third kappa shape index (κ3) is 3.62. The molecule has 5 N–H and O–H groups in total.